The van der Waals surface area contributed by atoms with Crippen LogP contribution in [0.15, 0.2) is 30.5 Å². The molecule has 3 amide bonds. The van der Waals surface area contributed by atoms with Crippen LogP contribution in [0.3, 0.4) is 0 Å². The van der Waals surface area contributed by atoms with Crippen molar-refractivity contribution in [2.75, 3.05) is 17.8 Å². The Morgan fingerprint density at radius 2 is 1.58 bits per heavy atom. The summed E-state index contributed by atoms with van der Waals surface area (Å²) in [5.74, 6) is -4.13. The van der Waals surface area contributed by atoms with Gasteiger partial charge in [0.25, 0.3) is 0 Å². The Kier molecular flexibility index (Phi) is 12.4. The van der Waals surface area contributed by atoms with E-state index in [1.54, 1.807) is 6.20 Å². The van der Waals surface area contributed by atoms with Gasteiger partial charge in [-0.15, -0.1) is 0 Å². The SMILES string of the molecule is CSCCC(NC(=O)C(CCC(=O)O)NC(=O)C(N)CS)C(=O)NC(Cc1c[nH]c2ccccc12)C(=O)O. The Morgan fingerprint density at radius 1 is 0.974 bits per heavy atom. The number of amides is 3. The molecule has 4 unspecified atom stereocenters. The number of hydrogen-bond donors (Lipinski definition) is 8. The summed E-state index contributed by atoms with van der Waals surface area (Å²) in [5, 5.41) is 27.1. The van der Waals surface area contributed by atoms with E-state index in [-0.39, 0.29) is 25.0 Å². The van der Waals surface area contributed by atoms with Gasteiger partial charge in [0.2, 0.25) is 17.7 Å². The molecule has 0 radical (unpaired) electrons. The van der Waals surface area contributed by atoms with Crippen molar-refractivity contribution in [2.24, 2.45) is 5.73 Å². The highest BCUT2D eigenvalue weighted by atomic mass is 32.2. The zero-order valence-corrected chi connectivity index (χ0v) is 22.5. The van der Waals surface area contributed by atoms with Crippen LogP contribution in [0.4, 0.5) is 0 Å². The largest absolute Gasteiger partial charge is 0.481 e. The highest BCUT2D eigenvalue weighted by Gasteiger charge is 2.30. The quantitative estimate of drug-likeness (QED) is 0.130. The number of carbonyl (C=O) groups is 5. The minimum absolute atomic E-state index is 0.00482. The zero-order chi connectivity index (χ0) is 28.2. The van der Waals surface area contributed by atoms with Gasteiger partial charge in [0.1, 0.15) is 18.1 Å². The first-order valence-corrected chi connectivity index (χ1v) is 13.9. The lowest BCUT2D eigenvalue weighted by Crippen LogP contribution is -2.57. The highest BCUT2D eigenvalue weighted by molar-refractivity contribution is 7.98. The summed E-state index contributed by atoms with van der Waals surface area (Å²) in [6.45, 7) is 0. The molecule has 12 nitrogen and oxygen atoms in total. The normalized spacial score (nSPS) is 14.2. The number of aromatic amines is 1. The van der Waals surface area contributed by atoms with Crippen molar-refractivity contribution in [3.8, 4) is 0 Å². The molecular weight excluding hydrogens is 534 g/mol. The second kappa shape index (κ2) is 15.2. The molecule has 2 aromatic rings. The molecule has 0 fully saturated rings. The van der Waals surface area contributed by atoms with Crippen LogP contribution in [0.2, 0.25) is 0 Å². The fourth-order valence-electron chi connectivity index (χ4n) is 3.67. The van der Waals surface area contributed by atoms with Crippen LogP contribution >= 0.6 is 24.4 Å². The number of benzene rings is 1. The summed E-state index contributed by atoms with van der Waals surface area (Å²) >= 11 is 5.37. The molecule has 0 bridgehead atoms. The van der Waals surface area contributed by atoms with Gasteiger partial charge < -0.3 is 36.9 Å². The van der Waals surface area contributed by atoms with Crippen LogP contribution < -0.4 is 21.7 Å². The van der Waals surface area contributed by atoms with Crippen molar-refractivity contribution in [3.63, 3.8) is 0 Å². The van der Waals surface area contributed by atoms with Crippen molar-refractivity contribution in [1.29, 1.82) is 0 Å². The lowest BCUT2D eigenvalue weighted by atomic mass is 10.0. The van der Waals surface area contributed by atoms with E-state index in [1.807, 2.05) is 30.5 Å². The number of thiol groups is 1. The van der Waals surface area contributed by atoms with Gasteiger partial charge in [0.05, 0.1) is 6.04 Å². The summed E-state index contributed by atoms with van der Waals surface area (Å²) in [4.78, 5) is 64.5. The Bertz CT molecular complexity index is 1140. The van der Waals surface area contributed by atoms with Crippen molar-refractivity contribution >= 4 is 65.0 Å². The third-order valence-electron chi connectivity index (χ3n) is 5.77. The van der Waals surface area contributed by atoms with Crippen LogP contribution in [0.5, 0.6) is 0 Å². The number of fused-ring (bicyclic) bond motifs is 1. The molecule has 0 spiro atoms. The number of carboxylic acid groups (broad SMARTS) is 2. The number of H-pyrrole nitrogens is 1. The first-order chi connectivity index (χ1) is 18.1. The molecule has 0 aliphatic rings. The van der Waals surface area contributed by atoms with Gasteiger partial charge in [-0.1, -0.05) is 18.2 Å². The number of carbonyl (C=O) groups excluding carboxylic acids is 3. The minimum Gasteiger partial charge on any atom is -0.481 e. The number of thioether (sulfide) groups is 1. The lowest BCUT2D eigenvalue weighted by Gasteiger charge is -2.25. The van der Waals surface area contributed by atoms with Gasteiger partial charge in [-0.05, 0) is 36.5 Å². The molecule has 208 valence electrons. The van der Waals surface area contributed by atoms with Gasteiger partial charge in [-0.2, -0.15) is 24.4 Å². The van der Waals surface area contributed by atoms with Crippen molar-refractivity contribution in [1.82, 2.24) is 20.9 Å². The smallest absolute Gasteiger partial charge is 0.326 e. The van der Waals surface area contributed by atoms with E-state index in [9.17, 15) is 29.1 Å². The third kappa shape index (κ3) is 9.26. The number of rotatable bonds is 16. The minimum atomic E-state index is -1.27. The molecule has 0 saturated heterocycles. The third-order valence-corrected chi connectivity index (χ3v) is 6.81. The maximum absolute atomic E-state index is 13.1. The van der Waals surface area contributed by atoms with Gasteiger partial charge in [0, 0.05) is 35.7 Å². The van der Waals surface area contributed by atoms with E-state index in [1.165, 1.54) is 11.8 Å². The van der Waals surface area contributed by atoms with E-state index < -0.39 is 60.2 Å². The van der Waals surface area contributed by atoms with E-state index in [0.29, 0.717) is 11.3 Å². The summed E-state index contributed by atoms with van der Waals surface area (Å²) in [7, 11) is 0. The van der Waals surface area contributed by atoms with E-state index in [2.05, 4.69) is 33.6 Å². The summed E-state index contributed by atoms with van der Waals surface area (Å²) in [6, 6.07) is 2.68. The highest BCUT2D eigenvalue weighted by Crippen LogP contribution is 2.19. The molecular formula is C24H33N5O7S2. The fraction of sp³-hybridized carbons (Fsp3) is 0.458. The Labute approximate surface area is 229 Å². The standard InChI is InChI=1S/C24H33N5O7S2/c1-38-9-8-18(28-22(33)17(6-7-20(30)31)27-21(32)15(25)12-37)23(34)29-19(24(35)36)10-13-11-26-16-5-3-2-4-14(13)16/h2-5,11,15,17-19,26,37H,6-10,12,25H2,1H3,(H,27,32)(H,28,33)(H,29,34)(H,30,31)(H,35,36). The van der Waals surface area contributed by atoms with Gasteiger partial charge in [0.15, 0.2) is 0 Å². The topological polar surface area (TPSA) is 204 Å². The number of aromatic nitrogens is 1. The average molecular weight is 568 g/mol. The lowest BCUT2D eigenvalue weighted by molar-refractivity contribution is -0.142. The van der Waals surface area contributed by atoms with E-state index in [0.717, 1.165) is 10.9 Å². The molecule has 8 N–H and O–H groups in total. The predicted octanol–water partition coefficient (Wildman–Crippen LogP) is 0.124. The van der Waals surface area contributed by atoms with Crippen molar-refractivity contribution in [2.45, 2.75) is 49.9 Å². The van der Waals surface area contributed by atoms with Crippen LogP contribution in [0, 0.1) is 0 Å². The van der Waals surface area contributed by atoms with Gasteiger partial charge >= 0.3 is 11.9 Å². The molecule has 0 saturated carbocycles. The Morgan fingerprint density at radius 3 is 2.18 bits per heavy atom. The van der Waals surface area contributed by atoms with E-state index in [4.69, 9.17) is 10.8 Å². The Balaban J connectivity index is 2.17. The number of carboxylic acids is 2. The van der Waals surface area contributed by atoms with Gasteiger partial charge in [-0.3, -0.25) is 19.2 Å². The van der Waals surface area contributed by atoms with Crippen molar-refractivity contribution < 1.29 is 34.2 Å². The summed E-state index contributed by atoms with van der Waals surface area (Å²) in [5.41, 5.74) is 7.18. The van der Waals surface area contributed by atoms with Crippen LogP contribution in [0.1, 0.15) is 24.8 Å². The van der Waals surface area contributed by atoms with Crippen LogP contribution in [-0.4, -0.2) is 86.8 Å². The summed E-state index contributed by atoms with van der Waals surface area (Å²) < 4.78 is 0. The molecule has 0 aliphatic carbocycles. The molecule has 2 rings (SSSR count). The monoisotopic (exact) mass is 567 g/mol. The van der Waals surface area contributed by atoms with E-state index >= 15 is 0 Å². The number of nitrogens with one attached hydrogen (secondary N) is 4. The predicted molar refractivity (Wildman–Crippen MR) is 147 cm³/mol. The molecule has 38 heavy (non-hydrogen) atoms. The van der Waals surface area contributed by atoms with Crippen LogP contribution in [0.25, 0.3) is 10.9 Å². The maximum atomic E-state index is 13.1. The second-order valence-corrected chi connectivity index (χ2v) is 9.94. The number of para-hydroxylation sites is 1. The average Bonchev–Trinajstić information content (AvgIpc) is 3.30. The van der Waals surface area contributed by atoms with Crippen LogP contribution in [-0.2, 0) is 30.4 Å². The molecule has 1 aromatic heterocycles. The maximum Gasteiger partial charge on any atom is 0.326 e. The molecule has 1 heterocycles. The molecule has 4 atom stereocenters. The molecule has 0 aliphatic heterocycles. The first-order valence-electron chi connectivity index (χ1n) is 11.8. The van der Waals surface area contributed by atoms with Crippen molar-refractivity contribution in [3.05, 3.63) is 36.0 Å². The first kappa shape index (κ1) is 31.0. The van der Waals surface area contributed by atoms with Gasteiger partial charge in [-0.25, -0.2) is 4.79 Å². The number of aliphatic carboxylic acids is 2. The Hall–Kier alpha value is -3.23. The zero-order valence-electron chi connectivity index (χ0n) is 20.8. The summed E-state index contributed by atoms with van der Waals surface area (Å²) in [6.07, 6.45) is 3.03. The number of nitrogens with two attached hydrogens (primary N) is 1. The number of hydrogen-bond acceptors (Lipinski definition) is 8. The molecule has 1 aromatic carbocycles. The fourth-order valence-corrected chi connectivity index (χ4v) is 4.31. The second-order valence-electron chi connectivity index (χ2n) is 8.59. The molecule has 14 heteroatoms.